The molecule has 10 heteroatoms. The van der Waals surface area contributed by atoms with Crippen molar-refractivity contribution in [2.45, 2.75) is 6.10 Å². The molecule has 2 aromatic rings. The molecule has 3 amide bonds. The lowest BCUT2D eigenvalue weighted by atomic mass is 10.2. The first-order valence-electron chi connectivity index (χ1n) is 10.8. The van der Waals surface area contributed by atoms with E-state index in [1.165, 1.54) is 0 Å². The largest absolute Gasteiger partial charge is 0.495 e. The van der Waals surface area contributed by atoms with Crippen LogP contribution in [0.5, 0.6) is 5.75 Å². The third kappa shape index (κ3) is 6.01. The maximum atomic E-state index is 12.7. The number of anilines is 1. The van der Waals surface area contributed by atoms with Crippen LogP contribution in [0.3, 0.4) is 0 Å². The number of aliphatic hydroxyl groups excluding tert-OH is 1. The first-order valence-corrected chi connectivity index (χ1v) is 11.2. The second-order valence-corrected chi connectivity index (χ2v) is 8.51. The van der Waals surface area contributed by atoms with Gasteiger partial charge in [-0.2, -0.15) is 0 Å². The molecule has 0 spiro atoms. The van der Waals surface area contributed by atoms with E-state index in [2.05, 4.69) is 15.1 Å². The van der Waals surface area contributed by atoms with Gasteiger partial charge in [-0.25, -0.2) is 4.79 Å². The molecule has 0 bridgehead atoms. The Morgan fingerprint density at radius 2 is 1.74 bits per heavy atom. The summed E-state index contributed by atoms with van der Waals surface area (Å²) in [7, 11) is 1.66. The molecule has 1 atom stereocenters. The van der Waals surface area contributed by atoms with Crippen molar-refractivity contribution in [3.63, 3.8) is 0 Å². The molecule has 4 rings (SSSR count). The number of imide groups is 1. The van der Waals surface area contributed by atoms with Gasteiger partial charge in [0.2, 0.25) is 0 Å². The van der Waals surface area contributed by atoms with Crippen molar-refractivity contribution >= 4 is 47.7 Å². The number of hydrogen-bond acceptors (Lipinski definition) is 6. The Balaban J connectivity index is 0.00000324. The average Bonchev–Trinajstić information content (AvgIpc) is 3.08. The second-order valence-electron chi connectivity index (χ2n) is 8.07. The van der Waals surface area contributed by atoms with Crippen LogP contribution < -0.4 is 15.0 Å². The molecule has 8 nitrogen and oxygen atoms in total. The molecule has 2 aliphatic rings. The zero-order valence-corrected chi connectivity index (χ0v) is 20.4. The summed E-state index contributed by atoms with van der Waals surface area (Å²) in [5.41, 5.74) is 1.98. The minimum Gasteiger partial charge on any atom is -0.495 e. The monoisotopic (exact) mass is 506 g/mol. The van der Waals surface area contributed by atoms with Crippen LogP contribution in [-0.2, 0) is 4.79 Å². The van der Waals surface area contributed by atoms with E-state index in [9.17, 15) is 14.7 Å². The summed E-state index contributed by atoms with van der Waals surface area (Å²) in [5, 5.41) is 13.8. The molecular formula is C24H28Cl2N4O4. The van der Waals surface area contributed by atoms with Crippen LogP contribution in [0.2, 0.25) is 5.02 Å². The summed E-state index contributed by atoms with van der Waals surface area (Å²) < 4.78 is 5.45. The number of β-amino-alcohol motifs (C(OH)–C–C–N with tert-alkyl or cyclic N) is 1. The number of aliphatic hydroxyl groups is 1. The normalized spacial score (nSPS) is 18.6. The highest BCUT2D eigenvalue weighted by molar-refractivity contribution is 6.30. The molecule has 34 heavy (non-hydrogen) atoms. The standard InChI is InChI=1S/C24H27ClN4O4.ClH/c1-33-22-5-3-2-4-21(22)28-12-10-27(11-13-28)15-19(30)16-29-23(31)20(26-24(29)32)14-17-6-8-18(25)9-7-17;/h2-9,14,19,30H,10-13,15-16H2,1H3,(H,26,32);1H/b20-14-;. The van der Waals surface area contributed by atoms with Gasteiger partial charge in [0.1, 0.15) is 11.4 Å². The fourth-order valence-corrected chi connectivity index (χ4v) is 4.22. The van der Waals surface area contributed by atoms with E-state index in [4.69, 9.17) is 16.3 Å². The maximum absolute atomic E-state index is 12.7. The number of carbonyl (C=O) groups is 2. The fourth-order valence-electron chi connectivity index (χ4n) is 4.09. The van der Waals surface area contributed by atoms with Crippen molar-refractivity contribution in [1.82, 2.24) is 15.1 Å². The molecule has 2 aromatic carbocycles. The van der Waals surface area contributed by atoms with Crippen LogP contribution >= 0.6 is 24.0 Å². The van der Waals surface area contributed by atoms with Crippen molar-refractivity contribution in [2.24, 2.45) is 0 Å². The highest BCUT2D eigenvalue weighted by Gasteiger charge is 2.35. The van der Waals surface area contributed by atoms with Gasteiger partial charge >= 0.3 is 6.03 Å². The molecule has 2 aliphatic heterocycles. The van der Waals surface area contributed by atoms with Gasteiger partial charge < -0.3 is 20.1 Å². The third-order valence-electron chi connectivity index (χ3n) is 5.80. The van der Waals surface area contributed by atoms with E-state index < -0.39 is 18.0 Å². The number of halogens is 2. The molecule has 0 aromatic heterocycles. The number of nitrogens with one attached hydrogen (secondary N) is 1. The molecule has 0 radical (unpaired) electrons. The molecule has 0 aliphatic carbocycles. The Hall–Kier alpha value is -2.78. The number of amides is 3. The van der Waals surface area contributed by atoms with Crippen molar-refractivity contribution in [3.05, 3.63) is 64.8 Å². The lowest BCUT2D eigenvalue weighted by Gasteiger charge is -2.37. The quantitative estimate of drug-likeness (QED) is 0.443. The van der Waals surface area contributed by atoms with Crippen LogP contribution in [-0.4, -0.2) is 79.3 Å². The summed E-state index contributed by atoms with van der Waals surface area (Å²) >= 11 is 5.89. The Morgan fingerprint density at radius 1 is 1.06 bits per heavy atom. The number of carbonyl (C=O) groups excluding carboxylic acids is 2. The van der Waals surface area contributed by atoms with Gasteiger partial charge in [0, 0.05) is 37.7 Å². The molecule has 2 N–H and O–H groups in total. The van der Waals surface area contributed by atoms with Crippen LogP contribution in [0.15, 0.2) is 54.2 Å². The fraction of sp³-hybridized carbons (Fsp3) is 0.333. The van der Waals surface area contributed by atoms with Crippen molar-refractivity contribution in [1.29, 1.82) is 0 Å². The lowest BCUT2D eigenvalue weighted by molar-refractivity contribution is -0.124. The maximum Gasteiger partial charge on any atom is 0.329 e. The molecular weight excluding hydrogens is 479 g/mol. The van der Waals surface area contributed by atoms with Gasteiger partial charge in [0.05, 0.1) is 25.4 Å². The van der Waals surface area contributed by atoms with Crippen LogP contribution in [0.4, 0.5) is 10.5 Å². The summed E-state index contributed by atoms with van der Waals surface area (Å²) in [6.07, 6.45) is 0.757. The molecule has 1 unspecified atom stereocenters. The highest BCUT2D eigenvalue weighted by atomic mass is 35.5. The summed E-state index contributed by atoms with van der Waals surface area (Å²) in [6.45, 7) is 3.44. The van der Waals surface area contributed by atoms with E-state index in [0.717, 1.165) is 48.1 Å². The Bertz CT molecular complexity index is 1040. The topological polar surface area (TPSA) is 85.3 Å². The number of urea groups is 1. The van der Waals surface area contributed by atoms with Crippen LogP contribution in [0.25, 0.3) is 6.08 Å². The molecule has 182 valence electrons. The van der Waals surface area contributed by atoms with Crippen molar-refractivity contribution in [2.75, 3.05) is 51.3 Å². The minimum atomic E-state index is -0.840. The van der Waals surface area contributed by atoms with Gasteiger partial charge in [-0.15, -0.1) is 12.4 Å². The lowest BCUT2D eigenvalue weighted by Crippen LogP contribution is -2.50. The third-order valence-corrected chi connectivity index (χ3v) is 6.06. The number of nitrogens with zero attached hydrogens (tertiary/aromatic N) is 3. The Kier molecular flexibility index (Phi) is 8.79. The minimum absolute atomic E-state index is 0. The summed E-state index contributed by atoms with van der Waals surface area (Å²) in [5.74, 6) is 0.391. The average molecular weight is 507 g/mol. The Labute approximate surface area is 210 Å². The van der Waals surface area contributed by atoms with E-state index in [0.29, 0.717) is 11.6 Å². The van der Waals surface area contributed by atoms with Crippen LogP contribution in [0.1, 0.15) is 5.56 Å². The number of methoxy groups -OCH3 is 1. The van der Waals surface area contributed by atoms with Gasteiger partial charge in [-0.05, 0) is 35.9 Å². The molecule has 0 saturated carbocycles. The second kappa shape index (κ2) is 11.6. The SMILES string of the molecule is COc1ccccc1N1CCN(CC(O)CN2C(=O)N/C(=C\c3ccc(Cl)cc3)C2=O)CC1.Cl. The predicted octanol–water partition coefficient (Wildman–Crippen LogP) is 2.85. The number of hydrogen-bond donors (Lipinski definition) is 2. The van der Waals surface area contributed by atoms with Gasteiger partial charge in [0.15, 0.2) is 0 Å². The smallest absolute Gasteiger partial charge is 0.329 e. The number of rotatable bonds is 7. The van der Waals surface area contributed by atoms with Crippen molar-refractivity contribution < 1.29 is 19.4 Å². The van der Waals surface area contributed by atoms with Gasteiger partial charge in [-0.1, -0.05) is 35.9 Å². The van der Waals surface area contributed by atoms with Gasteiger partial charge in [0.25, 0.3) is 5.91 Å². The van der Waals surface area contributed by atoms with E-state index in [1.807, 2.05) is 24.3 Å². The summed E-state index contributed by atoms with van der Waals surface area (Å²) in [4.78, 5) is 30.4. The summed E-state index contributed by atoms with van der Waals surface area (Å²) in [6, 6.07) is 14.3. The number of piperazine rings is 1. The van der Waals surface area contributed by atoms with E-state index in [-0.39, 0.29) is 24.6 Å². The number of ether oxygens (including phenoxy) is 1. The zero-order valence-electron chi connectivity index (χ0n) is 18.8. The van der Waals surface area contributed by atoms with E-state index in [1.54, 1.807) is 37.5 Å². The van der Waals surface area contributed by atoms with Gasteiger partial charge in [-0.3, -0.25) is 14.6 Å². The van der Waals surface area contributed by atoms with Crippen LogP contribution in [0, 0.1) is 0 Å². The first kappa shape index (κ1) is 25.8. The number of benzene rings is 2. The highest BCUT2D eigenvalue weighted by Crippen LogP contribution is 2.28. The first-order chi connectivity index (χ1) is 15.9. The van der Waals surface area contributed by atoms with Crippen molar-refractivity contribution in [3.8, 4) is 5.75 Å². The zero-order chi connectivity index (χ0) is 23.4. The molecule has 2 saturated heterocycles. The number of para-hydroxylation sites is 2. The predicted molar refractivity (Wildman–Crippen MR) is 135 cm³/mol. The molecule has 2 heterocycles. The van der Waals surface area contributed by atoms with E-state index >= 15 is 0 Å². The molecule has 2 fully saturated rings. The Morgan fingerprint density at radius 3 is 2.41 bits per heavy atom.